The first kappa shape index (κ1) is 11.3. The van der Waals surface area contributed by atoms with E-state index in [2.05, 4.69) is 22.4 Å². The maximum atomic E-state index is 5.20. The van der Waals surface area contributed by atoms with Crippen LogP contribution in [0, 0.1) is 0 Å². The highest BCUT2D eigenvalue weighted by atomic mass is 32.1. The third-order valence-electron chi connectivity index (χ3n) is 2.49. The lowest BCUT2D eigenvalue weighted by molar-refractivity contribution is 0.369. The maximum absolute atomic E-state index is 5.20. The minimum atomic E-state index is 0.470. The third-order valence-corrected chi connectivity index (χ3v) is 3.36. The van der Waals surface area contributed by atoms with Gasteiger partial charge in [0.15, 0.2) is 0 Å². The van der Waals surface area contributed by atoms with Gasteiger partial charge in [-0.2, -0.15) is 4.98 Å². The van der Waals surface area contributed by atoms with Crippen LogP contribution in [-0.2, 0) is 6.42 Å². The van der Waals surface area contributed by atoms with Crippen molar-refractivity contribution in [3.05, 3.63) is 23.4 Å². The molecular formula is C11H15N3OS. The molecule has 1 unspecified atom stereocenters. The molecule has 0 saturated carbocycles. The zero-order valence-corrected chi connectivity index (χ0v) is 10.3. The maximum Gasteiger partial charge on any atom is 0.227 e. The molecule has 5 heteroatoms. The van der Waals surface area contributed by atoms with Crippen LogP contribution in [0.15, 0.2) is 22.0 Å². The number of aryl methyl sites for hydroxylation is 1. The average molecular weight is 237 g/mol. The monoisotopic (exact) mass is 237 g/mol. The van der Waals surface area contributed by atoms with Gasteiger partial charge in [-0.05, 0) is 31.8 Å². The van der Waals surface area contributed by atoms with Crippen LogP contribution in [0.5, 0.6) is 0 Å². The smallest absolute Gasteiger partial charge is 0.227 e. The van der Waals surface area contributed by atoms with Gasteiger partial charge in [-0.1, -0.05) is 11.2 Å². The van der Waals surface area contributed by atoms with Gasteiger partial charge in [-0.3, -0.25) is 0 Å². The molecule has 0 radical (unpaired) electrons. The van der Waals surface area contributed by atoms with Crippen molar-refractivity contribution in [3.63, 3.8) is 0 Å². The molecule has 0 aliphatic heterocycles. The van der Waals surface area contributed by atoms with Crippen LogP contribution in [0.2, 0.25) is 0 Å². The number of nitrogens with zero attached hydrogens (tertiary/aromatic N) is 2. The van der Waals surface area contributed by atoms with E-state index in [9.17, 15) is 0 Å². The molecule has 16 heavy (non-hydrogen) atoms. The highest BCUT2D eigenvalue weighted by Crippen LogP contribution is 2.21. The van der Waals surface area contributed by atoms with Gasteiger partial charge in [-0.25, -0.2) is 0 Å². The van der Waals surface area contributed by atoms with E-state index in [0.29, 0.717) is 17.8 Å². The molecule has 0 aliphatic rings. The second kappa shape index (κ2) is 5.23. The van der Waals surface area contributed by atoms with Gasteiger partial charge < -0.3 is 9.84 Å². The van der Waals surface area contributed by atoms with Gasteiger partial charge in [0.25, 0.3) is 0 Å². The predicted molar refractivity (Wildman–Crippen MR) is 64.5 cm³/mol. The average Bonchev–Trinajstić information content (AvgIpc) is 2.95. The summed E-state index contributed by atoms with van der Waals surface area (Å²) in [5.74, 6) is 1.41. The highest BCUT2D eigenvalue weighted by Gasteiger charge is 2.10. The number of aromatic nitrogens is 2. The van der Waals surface area contributed by atoms with Gasteiger partial charge in [0.1, 0.15) is 0 Å². The molecule has 0 aromatic carbocycles. The first-order valence-corrected chi connectivity index (χ1v) is 6.21. The van der Waals surface area contributed by atoms with E-state index in [1.165, 1.54) is 0 Å². The van der Waals surface area contributed by atoms with Crippen molar-refractivity contribution < 1.29 is 4.52 Å². The predicted octanol–water partition coefficient (Wildman–Crippen LogP) is 2.34. The summed E-state index contributed by atoms with van der Waals surface area (Å²) in [6.45, 7) is 2.14. The molecule has 2 aromatic rings. The largest absolute Gasteiger partial charge is 0.339 e. The first-order chi connectivity index (χ1) is 7.79. The van der Waals surface area contributed by atoms with Crippen molar-refractivity contribution in [2.75, 3.05) is 7.05 Å². The topological polar surface area (TPSA) is 51.0 Å². The van der Waals surface area contributed by atoms with Crippen molar-refractivity contribution in [3.8, 4) is 10.7 Å². The van der Waals surface area contributed by atoms with E-state index in [1.807, 2.05) is 24.6 Å². The zero-order chi connectivity index (χ0) is 11.4. The normalized spacial score (nSPS) is 12.9. The Morgan fingerprint density at radius 3 is 3.12 bits per heavy atom. The van der Waals surface area contributed by atoms with Crippen LogP contribution in [0.4, 0.5) is 0 Å². The molecule has 0 saturated heterocycles. The summed E-state index contributed by atoms with van der Waals surface area (Å²) < 4.78 is 5.20. The molecule has 86 valence electrons. The standard InChI is InChI=1S/C11H15N3OS/c1-8(12-2)5-6-10-13-11(14-15-10)9-4-3-7-16-9/h3-4,7-8,12H,5-6H2,1-2H3. The van der Waals surface area contributed by atoms with E-state index >= 15 is 0 Å². The van der Waals surface area contributed by atoms with Gasteiger partial charge in [0.2, 0.25) is 11.7 Å². The fourth-order valence-electron chi connectivity index (χ4n) is 1.35. The van der Waals surface area contributed by atoms with E-state index in [-0.39, 0.29) is 0 Å². The SMILES string of the molecule is CNC(C)CCc1nc(-c2cccs2)no1. The van der Waals surface area contributed by atoms with Gasteiger partial charge in [-0.15, -0.1) is 11.3 Å². The Balaban J connectivity index is 1.98. The lowest BCUT2D eigenvalue weighted by Gasteiger charge is -2.06. The summed E-state index contributed by atoms with van der Waals surface area (Å²) in [6, 6.07) is 4.45. The van der Waals surface area contributed by atoms with Crippen molar-refractivity contribution in [2.45, 2.75) is 25.8 Å². The van der Waals surface area contributed by atoms with Crippen molar-refractivity contribution >= 4 is 11.3 Å². The van der Waals surface area contributed by atoms with E-state index in [1.54, 1.807) is 11.3 Å². The minimum Gasteiger partial charge on any atom is -0.339 e. The Morgan fingerprint density at radius 1 is 1.56 bits per heavy atom. The van der Waals surface area contributed by atoms with Crippen molar-refractivity contribution in [1.82, 2.24) is 15.5 Å². The molecule has 1 atom stereocenters. The Morgan fingerprint density at radius 2 is 2.44 bits per heavy atom. The van der Waals surface area contributed by atoms with E-state index < -0.39 is 0 Å². The van der Waals surface area contributed by atoms with Crippen LogP contribution >= 0.6 is 11.3 Å². The van der Waals surface area contributed by atoms with Gasteiger partial charge in [0, 0.05) is 12.5 Å². The number of thiophene rings is 1. The van der Waals surface area contributed by atoms with E-state index in [0.717, 1.165) is 17.7 Å². The van der Waals surface area contributed by atoms with Crippen LogP contribution in [-0.4, -0.2) is 23.2 Å². The lowest BCUT2D eigenvalue weighted by atomic mass is 10.2. The van der Waals surface area contributed by atoms with Crippen LogP contribution in [0.25, 0.3) is 10.7 Å². The summed E-state index contributed by atoms with van der Waals surface area (Å²) in [5, 5.41) is 9.16. The molecule has 0 fully saturated rings. The molecule has 0 spiro atoms. The van der Waals surface area contributed by atoms with Gasteiger partial charge >= 0.3 is 0 Å². The Bertz CT molecular complexity index is 424. The Labute approximate surface area is 98.7 Å². The van der Waals surface area contributed by atoms with Gasteiger partial charge in [0.05, 0.1) is 4.88 Å². The Kier molecular flexibility index (Phi) is 3.69. The lowest BCUT2D eigenvalue weighted by Crippen LogP contribution is -2.21. The second-order valence-electron chi connectivity index (χ2n) is 3.72. The first-order valence-electron chi connectivity index (χ1n) is 5.33. The summed E-state index contributed by atoms with van der Waals surface area (Å²) in [5.41, 5.74) is 0. The van der Waals surface area contributed by atoms with E-state index in [4.69, 9.17) is 4.52 Å². The summed E-state index contributed by atoms with van der Waals surface area (Å²) in [6.07, 6.45) is 1.82. The number of nitrogens with one attached hydrogen (secondary N) is 1. The number of hydrogen-bond donors (Lipinski definition) is 1. The number of rotatable bonds is 5. The molecule has 0 aliphatic carbocycles. The quantitative estimate of drug-likeness (QED) is 0.867. The number of hydrogen-bond acceptors (Lipinski definition) is 5. The van der Waals surface area contributed by atoms with Crippen LogP contribution in [0.1, 0.15) is 19.2 Å². The third kappa shape index (κ3) is 2.68. The summed E-state index contributed by atoms with van der Waals surface area (Å²) >= 11 is 1.62. The molecule has 0 bridgehead atoms. The minimum absolute atomic E-state index is 0.470. The molecule has 0 amide bonds. The highest BCUT2D eigenvalue weighted by molar-refractivity contribution is 7.13. The molecule has 2 aromatic heterocycles. The zero-order valence-electron chi connectivity index (χ0n) is 9.43. The molecule has 2 rings (SSSR count). The second-order valence-corrected chi connectivity index (χ2v) is 4.67. The summed E-state index contributed by atoms with van der Waals surface area (Å²) in [4.78, 5) is 5.42. The van der Waals surface area contributed by atoms with Crippen molar-refractivity contribution in [1.29, 1.82) is 0 Å². The van der Waals surface area contributed by atoms with Crippen LogP contribution < -0.4 is 5.32 Å². The molecule has 1 N–H and O–H groups in total. The fraction of sp³-hybridized carbons (Fsp3) is 0.455. The van der Waals surface area contributed by atoms with Crippen LogP contribution in [0.3, 0.4) is 0 Å². The fourth-order valence-corrected chi connectivity index (χ4v) is 2.00. The molecule has 2 heterocycles. The van der Waals surface area contributed by atoms with Crippen molar-refractivity contribution in [2.24, 2.45) is 0 Å². The molecular weight excluding hydrogens is 222 g/mol. The Hall–Kier alpha value is -1.20. The summed E-state index contributed by atoms with van der Waals surface area (Å²) in [7, 11) is 1.95. The molecule has 4 nitrogen and oxygen atoms in total.